The Labute approximate surface area is 135 Å². The van der Waals surface area contributed by atoms with Gasteiger partial charge in [0, 0.05) is 23.6 Å². The highest BCUT2D eigenvalue weighted by atomic mass is 127. The third-order valence-corrected chi connectivity index (χ3v) is 4.39. The maximum Gasteiger partial charge on any atom is 0.129 e. The molecule has 94 valence electrons. The summed E-state index contributed by atoms with van der Waals surface area (Å²) >= 11 is 8.81. The molecular formula is C13H8Br2FIO. The number of hydrogen-bond donors (Lipinski definition) is 1. The Kier molecular flexibility index (Phi) is 4.80. The van der Waals surface area contributed by atoms with Gasteiger partial charge in [-0.25, -0.2) is 4.39 Å². The summed E-state index contributed by atoms with van der Waals surface area (Å²) in [5.74, 6) is -0.420. The lowest BCUT2D eigenvalue weighted by atomic mass is 10.0. The zero-order valence-corrected chi connectivity index (χ0v) is 14.3. The summed E-state index contributed by atoms with van der Waals surface area (Å²) in [6.07, 6.45) is -0.994. The molecule has 1 nitrogen and oxygen atoms in total. The zero-order valence-electron chi connectivity index (χ0n) is 9.00. The molecule has 5 heteroatoms. The summed E-state index contributed by atoms with van der Waals surface area (Å²) in [6, 6.07) is 10.1. The maximum absolute atomic E-state index is 13.7. The van der Waals surface area contributed by atoms with Gasteiger partial charge in [-0.3, -0.25) is 0 Å². The fourth-order valence-electron chi connectivity index (χ4n) is 1.62. The molecule has 0 saturated heterocycles. The highest BCUT2D eigenvalue weighted by molar-refractivity contribution is 14.1. The van der Waals surface area contributed by atoms with Crippen LogP contribution in [-0.2, 0) is 0 Å². The summed E-state index contributed by atoms with van der Waals surface area (Å²) < 4.78 is 16.2. The van der Waals surface area contributed by atoms with E-state index in [0.29, 0.717) is 5.56 Å². The lowest BCUT2D eigenvalue weighted by molar-refractivity contribution is 0.214. The van der Waals surface area contributed by atoms with E-state index >= 15 is 0 Å². The van der Waals surface area contributed by atoms with Crippen molar-refractivity contribution < 1.29 is 9.50 Å². The van der Waals surface area contributed by atoms with Crippen molar-refractivity contribution in [3.8, 4) is 0 Å². The minimum absolute atomic E-state index is 0.257. The molecule has 0 aromatic heterocycles. The standard InChI is InChI=1S/C13H8Br2FIO/c14-7-1-4-12(16)10(5-7)13(18)9-6-8(17)2-3-11(9)15/h1-6,13,18H. The first-order valence-corrected chi connectivity index (χ1v) is 7.73. The van der Waals surface area contributed by atoms with Crippen molar-refractivity contribution >= 4 is 54.5 Å². The summed E-state index contributed by atoms with van der Waals surface area (Å²) in [4.78, 5) is 0. The van der Waals surface area contributed by atoms with Gasteiger partial charge in [0.15, 0.2) is 0 Å². The fraction of sp³-hybridized carbons (Fsp3) is 0.0769. The van der Waals surface area contributed by atoms with E-state index in [1.54, 1.807) is 12.1 Å². The summed E-state index contributed by atoms with van der Waals surface area (Å²) in [5.41, 5.74) is 0.908. The molecule has 1 atom stereocenters. The highest BCUT2D eigenvalue weighted by Gasteiger charge is 2.18. The number of hydrogen-bond acceptors (Lipinski definition) is 1. The van der Waals surface area contributed by atoms with Gasteiger partial charge in [0.25, 0.3) is 0 Å². The molecule has 0 bridgehead atoms. The van der Waals surface area contributed by atoms with Crippen LogP contribution in [0, 0.1) is 9.39 Å². The molecule has 0 spiro atoms. The Hall–Kier alpha value is 0.0200. The van der Waals surface area contributed by atoms with Gasteiger partial charge >= 0.3 is 0 Å². The van der Waals surface area contributed by atoms with Crippen LogP contribution in [0.1, 0.15) is 17.2 Å². The fourth-order valence-corrected chi connectivity index (χ4v) is 2.97. The van der Waals surface area contributed by atoms with Crippen LogP contribution in [0.3, 0.4) is 0 Å². The number of benzene rings is 2. The summed E-state index contributed by atoms with van der Waals surface area (Å²) in [5, 5.41) is 10.3. The van der Waals surface area contributed by atoms with E-state index in [9.17, 15) is 9.50 Å². The Morgan fingerprint density at radius 1 is 1.06 bits per heavy atom. The minimum Gasteiger partial charge on any atom is -0.384 e. The number of aliphatic hydroxyl groups excluding tert-OH is 1. The third-order valence-electron chi connectivity index (χ3n) is 2.51. The van der Waals surface area contributed by atoms with E-state index in [0.717, 1.165) is 12.5 Å². The van der Waals surface area contributed by atoms with Crippen LogP contribution in [0.25, 0.3) is 0 Å². The van der Waals surface area contributed by atoms with Crippen LogP contribution in [-0.4, -0.2) is 5.11 Å². The van der Waals surface area contributed by atoms with E-state index in [1.807, 2.05) is 18.2 Å². The number of aliphatic hydroxyl groups is 1. The largest absolute Gasteiger partial charge is 0.384 e. The van der Waals surface area contributed by atoms with E-state index < -0.39 is 11.9 Å². The quantitative estimate of drug-likeness (QED) is 0.591. The van der Waals surface area contributed by atoms with Crippen LogP contribution in [0.5, 0.6) is 0 Å². The van der Waals surface area contributed by atoms with Crippen LogP contribution < -0.4 is 0 Å². The number of halogens is 4. The molecule has 2 rings (SSSR count). The topological polar surface area (TPSA) is 20.2 Å². The molecule has 0 aliphatic heterocycles. The molecule has 2 aromatic rings. The first-order chi connectivity index (χ1) is 8.49. The van der Waals surface area contributed by atoms with Crippen LogP contribution in [0.15, 0.2) is 45.3 Å². The zero-order chi connectivity index (χ0) is 13.3. The first kappa shape index (κ1) is 14.4. The second-order valence-electron chi connectivity index (χ2n) is 3.73. The predicted molar refractivity (Wildman–Crippen MR) is 85.0 cm³/mol. The summed E-state index contributed by atoms with van der Waals surface area (Å²) in [7, 11) is 0. The van der Waals surface area contributed by atoms with E-state index in [2.05, 4.69) is 54.5 Å². The molecule has 2 aromatic carbocycles. The molecule has 0 heterocycles. The van der Waals surface area contributed by atoms with Crippen LogP contribution >= 0.6 is 54.5 Å². The second kappa shape index (κ2) is 5.98. The first-order valence-electron chi connectivity index (χ1n) is 5.07. The van der Waals surface area contributed by atoms with Crippen molar-refractivity contribution in [3.05, 3.63) is 65.9 Å². The van der Waals surface area contributed by atoms with Gasteiger partial charge in [0.1, 0.15) is 11.9 Å². The smallest absolute Gasteiger partial charge is 0.129 e. The van der Waals surface area contributed by atoms with Crippen molar-refractivity contribution in [2.75, 3.05) is 0 Å². The molecular weight excluding hydrogens is 478 g/mol. The van der Waals surface area contributed by atoms with Gasteiger partial charge in [-0.2, -0.15) is 0 Å². The van der Waals surface area contributed by atoms with Gasteiger partial charge < -0.3 is 5.11 Å². The average Bonchev–Trinajstić information content (AvgIpc) is 2.34. The van der Waals surface area contributed by atoms with Gasteiger partial charge in [0.05, 0.1) is 0 Å². The van der Waals surface area contributed by atoms with Gasteiger partial charge in [-0.1, -0.05) is 31.9 Å². The van der Waals surface area contributed by atoms with E-state index in [1.165, 1.54) is 6.07 Å². The second-order valence-corrected chi connectivity index (χ2v) is 6.75. The molecule has 0 aliphatic carbocycles. The third kappa shape index (κ3) is 3.12. The molecule has 0 radical (unpaired) electrons. The van der Waals surface area contributed by atoms with Crippen molar-refractivity contribution in [1.29, 1.82) is 0 Å². The Balaban J connectivity index is 2.50. The monoisotopic (exact) mass is 484 g/mol. The van der Waals surface area contributed by atoms with Crippen molar-refractivity contribution in [2.45, 2.75) is 6.10 Å². The normalized spacial score (nSPS) is 12.5. The molecule has 1 unspecified atom stereocenters. The average molecular weight is 486 g/mol. The molecule has 1 N–H and O–H groups in total. The Morgan fingerprint density at radius 3 is 2.50 bits per heavy atom. The lowest BCUT2D eigenvalue weighted by Gasteiger charge is -2.15. The minimum atomic E-state index is -0.994. The van der Waals surface area contributed by atoms with E-state index in [-0.39, 0.29) is 5.56 Å². The Bertz CT molecular complexity index is 538. The molecule has 0 amide bonds. The van der Waals surface area contributed by atoms with Crippen molar-refractivity contribution in [3.63, 3.8) is 0 Å². The van der Waals surface area contributed by atoms with Crippen LogP contribution in [0.4, 0.5) is 4.39 Å². The molecule has 0 fully saturated rings. The predicted octanol–water partition coefficient (Wildman–Crippen LogP) is 5.04. The highest BCUT2D eigenvalue weighted by Crippen LogP contribution is 2.32. The van der Waals surface area contributed by atoms with Gasteiger partial charge in [0.2, 0.25) is 0 Å². The molecule has 18 heavy (non-hydrogen) atoms. The lowest BCUT2D eigenvalue weighted by Crippen LogP contribution is -2.04. The van der Waals surface area contributed by atoms with E-state index in [4.69, 9.17) is 0 Å². The summed E-state index contributed by atoms with van der Waals surface area (Å²) in [6.45, 7) is 0. The van der Waals surface area contributed by atoms with Crippen LogP contribution in [0.2, 0.25) is 0 Å². The van der Waals surface area contributed by atoms with Gasteiger partial charge in [-0.15, -0.1) is 0 Å². The molecule has 0 aliphatic rings. The van der Waals surface area contributed by atoms with Crippen molar-refractivity contribution in [1.82, 2.24) is 0 Å². The van der Waals surface area contributed by atoms with Crippen molar-refractivity contribution in [2.24, 2.45) is 0 Å². The SMILES string of the molecule is OC(c1cc(Br)ccc1F)c1cc(I)ccc1Br. The Morgan fingerprint density at radius 2 is 1.78 bits per heavy atom. The number of rotatable bonds is 2. The maximum atomic E-state index is 13.7. The molecule has 0 saturated carbocycles. The van der Waals surface area contributed by atoms with Gasteiger partial charge in [-0.05, 0) is 59.0 Å².